The van der Waals surface area contributed by atoms with Crippen LogP contribution in [0.2, 0.25) is 0 Å². The summed E-state index contributed by atoms with van der Waals surface area (Å²) in [6.07, 6.45) is 3.42. The Labute approximate surface area is 73.7 Å². The minimum atomic E-state index is 0.0935. The van der Waals surface area contributed by atoms with E-state index in [2.05, 4.69) is 31.8 Å². The molecule has 0 spiro atoms. The standard InChI is InChI=1S/C10H15NO/c1-8-5-4-6-10(2,3)9(8)7-11-12/h4-6H2,1-3H3. The summed E-state index contributed by atoms with van der Waals surface area (Å²) in [5.41, 5.74) is 2.38. The minimum Gasteiger partial charge on any atom is -0.498 e. The van der Waals surface area contributed by atoms with Crippen LogP contribution in [-0.4, -0.2) is 0 Å². The molecule has 0 heterocycles. The summed E-state index contributed by atoms with van der Waals surface area (Å²) in [4.78, 5) is 0. The van der Waals surface area contributed by atoms with Crippen LogP contribution in [0.4, 0.5) is 0 Å². The topological polar surface area (TPSA) is 27.4 Å². The molecule has 0 amide bonds. The van der Waals surface area contributed by atoms with E-state index in [-0.39, 0.29) is 5.41 Å². The molecule has 0 atom stereocenters. The van der Waals surface area contributed by atoms with Crippen LogP contribution in [0, 0.1) is 16.7 Å². The van der Waals surface area contributed by atoms with E-state index in [0.717, 1.165) is 18.4 Å². The molecule has 0 aliphatic heterocycles. The van der Waals surface area contributed by atoms with Gasteiger partial charge in [0.1, 0.15) is 0 Å². The van der Waals surface area contributed by atoms with E-state index in [4.69, 9.17) is 0 Å². The lowest BCUT2D eigenvalue weighted by Crippen LogP contribution is -2.19. The quantitative estimate of drug-likeness (QED) is 0.506. The average molecular weight is 165 g/mol. The van der Waals surface area contributed by atoms with E-state index in [1.807, 2.05) is 0 Å². The molecule has 1 aliphatic rings. The van der Waals surface area contributed by atoms with E-state index in [9.17, 15) is 5.21 Å². The summed E-state index contributed by atoms with van der Waals surface area (Å²) in [5, 5.41) is 12.9. The number of hydrogen-bond donors (Lipinski definition) is 0. The molecule has 0 aromatic heterocycles. The third-order valence-corrected chi connectivity index (χ3v) is 2.61. The first-order chi connectivity index (χ1) is 5.58. The molecule has 0 saturated carbocycles. The van der Waals surface area contributed by atoms with Crippen molar-refractivity contribution in [3.63, 3.8) is 0 Å². The molecule has 0 aromatic rings. The zero-order valence-electron chi connectivity index (χ0n) is 7.98. The zero-order chi connectivity index (χ0) is 9.19. The lowest BCUT2D eigenvalue weighted by atomic mass is 9.73. The molecule has 66 valence electrons. The van der Waals surface area contributed by atoms with Gasteiger partial charge in [0.05, 0.1) is 5.57 Å². The monoisotopic (exact) mass is 165 g/mol. The predicted octanol–water partition coefficient (Wildman–Crippen LogP) is 3.34. The van der Waals surface area contributed by atoms with Crippen LogP contribution in [0.25, 0.3) is 5.01 Å². The molecule has 0 bridgehead atoms. The lowest BCUT2D eigenvalue weighted by molar-refractivity contribution is 0.379. The molecule has 12 heavy (non-hydrogen) atoms. The Bertz CT molecular complexity index is 265. The highest BCUT2D eigenvalue weighted by atomic mass is 16.4. The van der Waals surface area contributed by atoms with Gasteiger partial charge in [-0.1, -0.05) is 19.4 Å². The molecule has 0 saturated heterocycles. The highest BCUT2D eigenvalue weighted by Gasteiger charge is 2.30. The largest absolute Gasteiger partial charge is 0.498 e. The van der Waals surface area contributed by atoms with Crippen LogP contribution in [0.1, 0.15) is 40.0 Å². The molecule has 0 fully saturated rings. The van der Waals surface area contributed by atoms with Gasteiger partial charge >= 0.3 is 6.07 Å². The highest BCUT2D eigenvalue weighted by molar-refractivity contribution is 5.37. The molecule has 1 rings (SSSR count). The van der Waals surface area contributed by atoms with Gasteiger partial charge in [0.2, 0.25) is 0 Å². The fourth-order valence-corrected chi connectivity index (χ4v) is 1.92. The fourth-order valence-electron chi connectivity index (χ4n) is 1.92. The SMILES string of the molecule is CC1=C(C#[N+][O-])C(C)(C)CCC1. The Kier molecular flexibility index (Phi) is 2.42. The van der Waals surface area contributed by atoms with Gasteiger partial charge in [-0.3, -0.25) is 0 Å². The molecule has 0 aromatic carbocycles. The molecular weight excluding hydrogens is 150 g/mol. The predicted molar refractivity (Wildman–Crippen MR) is 50.9 cm³/mol. The second-order valence-electron chi connectivity index (χ2n) is 4.10. The number of rotatable bonds is 0. The first kappa shape index (κ1) is 9.12. The maximum atomic E-state index is 10.1. The molecule has 2 nitrogen and oxygen atoms in total. The van der Waals surface area contributed by atoms with Crippen LogP contribution < -0.4 is 0 Å². The van der Waals surface area contributed by atoms with Crippen LogP contribution in [-0.2, 0) is 0 Å². The Morgan fingerprint density at radius 3 is 2.67 bits per heavy atom. The van der Waals surface area contributed by atoms with Gasteiger partial charge in [0.25, 0.3) is 0 Å². The van der Waals surface area contributed by atoms with Crippen molar-refractivity contribution in [2.75, 3.05) is 0 Å². The third kappa shape index (κ3) is 1.61. The van der Waals surface area contributed by atoms with Crippen molar-refractivity contribution in [3.05, 3.63) is 21.4 Å². The third-order valence-electron chi connectivity index (χ3n) is 2.61. The first-order valence-electron chi connectivity index (χ1n) is 4.36. The van der Waals surface area contributed by atoms with E-state index < -0.39 is 0 Å². The van der Waals surface area contributed by atoms with Gasteiger partial charge in [0.15, 0.2) is 0 Å². The average Bonchev–Trinajstić information content (AvgIpc) is 1.97. The summed E-state index contributed by atoms with van der Waals surface area (Å²) in [5.74, 6) is 0. The van der Waals surface area contributed by atoms with E-state index in [0.29, 0.717) is 0 Å². The van der Waals surface area contributed by atoms with Crippen LogP contribution in [0.3, 0.4) is 0 Å². The summed E-state index contributed by atoms with van der Waals surface area (Å²) in [7, 11) is 0. The summed E-state index contributed by atoms with van der Waals surface area (Å²) in [6.45, 7) is 6.35. The van der Waals surface area contributed by atoms with Gasteiger partial charge in [-0.15, -0.1) is 0 Å². The van der Waals surface area contributed by atoms with Gasteiger partial charge < -0.3 is 5.21 Å². The highest BCUT2D eigenvalue weighted by Crippen LogP contribution is 2.39. The van der Waals surface area contributed by atoms with Crippen molar-refractivity contribution in [2.45, 2.75) is 40.0 Å². The summed E-state index contributed by atoms with van der Waals surface area (Å²) >= 11 is 0. The van der Waals surface area contributed by atoms with Crippen LogP contribution in [0.15, 0.2) is 11.1 Å². The van der Waals surface area contributed by atoms with E-state index >= 15 is 0 Å². The molecule has 2 heteroatoms. The number of nitrogens with zero attached hydrogens (tertiary/aromatic N) is 1. The van der Waals surface area contributed by atoms with Gasteiger partial charge in [-0.2, -0.15) is 0 Å². The molecular formula is C10H15NO. The summed E-state index contributed by atoms with van der Waals surface area (Å²) < 4.78 is 0. The second kappa shape index (κ2) is 3.18. The van der Waals surface area contributed by atoms with Crippen molar-refractivity contribution < 1.29 is 0 Å². The Morgan fingerprint density at radius 2 is 2.17 bits per heavy atom. The van der Waals surface area contributed by atoms with Crippen molar-refractivity contribution >= 4 is 0 Å². The van der Waals surface area contributed by atoms with Gasteiger partial charge in [-0.05, 0) is 26.2 Å². The van der Waals surface area contributed by atoms with Crippen LogP contribution >= 0.6 is 0 Å². The van der Waals surface area contributed by atoms with Crippen molar-refractivity contribution in [1.29, 1.82) is 0 Å². The molecule has 0 radical (unpaired) electrons. The molecule has 0 unspecified atom stereocenters. The Balaban J connectivity index is 3.05. The van der Waals surface area contributed by atoms with E-state index in [1.54, 1.807) is 0 Å². The smallest absolute Gasteiger partial charge is 0.332 e. The lowest BCUT2D eigenvalue weighted by Gasteiger charge is -2.28. The Morgan fingerprint density at radius 1 is 1.50 bits per heavy atom. The summed E-state index contributed by atoms with van der Waals surface area (Å²) in [6, 6.07) is 2.57. The molecule has 1 aliphatic carbocycles. The van der Waals surface area contributed by atoms with Crippen molar-refractivity contribution in [2.24, 2.45) is 5.41 Å². The first-order valence-corrected chi connectivity index (χ1v) is 4.36. The van der Waals surface area contributed by atoms with Gasteiger partial charge in [0, 0.05) is 10.4 Å². The Hall–Kier alpha value is -0.970. The van der Waals surface area contributed by atoms with Gasteiger partial charge in [-0.25, -0.2) is 0 Å². The second-order valence-corrected chi connectivity index (χ2v) is 4.10. The van der Waals surface area contributed by atoms with E-state index in [1.165, 1.54) is 12.0 Å². The van der Waals surface area contributed by atoms with Crippen molar-refractivity contribution in [3.8, 4) is 6.07 Å². The maximum absolute atomic E-state index is 10.1. The maximum Gasteiger partial charge on any atom is 0.332 e. The number of allylic oxidation sites excluding steroid dienone is 2. The van der Waals surface area contributed by atoms with Crippen molar-refractivity contribution in [1.82, 2.24) is 0 Å². The van der Waals surface area contributed by atoms with Crippen LogP contribution in [0.5, 0.6) is 0 Å². The zero-order valence-corrected chi connectivity index (χ0v) is 7.98. The number of hydrogen-bond acceptors (Lipinski definition) is 1. The minimum absolute atomic E-state index is 0.0935. The molecule has 0 N–H and O–H groups in total. The normalized spacial score (nSPS) is 21.6. The fraction of sp³-hybridized carbons (Fsp3) is 0.700.